The van der Waals surface area contributed by atoms with Gasteiger partial charge in [0, 0.05) is 26.2 Å². The number of hydrogen-bond acceptors (Lipinski definition) is 3. The van der Waals surface area contributed by atoms with Gasteiger partial charge in [-0.2, -0.15) is 0 Å². The van der Waals surface area contributed by atoms with Crippen molar-refractivity contribution in [3.05, 3.63) is 113 Å². The number of hydrogen-bond donors (Lipinski definition) is 1. The van der Waals surface area contributed by atoms with Gasteiger partial charge in [-0.05, 0) is 65.9 Å². The van der Waals surface area contributed by atoms with Crippen LogP contribution < -0.4 is 5.73 Å². The van der Waals surface area contributed by atoms with Crippen molar-refractivity contribution in [1.29, 1.82) is 0 Å². The Labute approximate surface area is 205 Å². The molecule has 0 saturated carbocycles. The molecule has 1 amide bonds. The Bertz CT molecular complexity index is 1080. The standard InChI is InChI=1S/C29H31F2N3O/c30-25-13-9-23(10-14-25)27(24-11-15-26(31)16-12-24)8-4-5-17-34-19-18-33(21-28(34)29(32)35)20-22-6-2-1-3-7-22/h1-3,6-16,28H,4-5,17-21H2,(H2,32,35). The van der Waals surface area contributed by atoms with E-state index in [1.54, 1.807) is 24.3 Å². The molecule has 4 rings (SSSR count). The molecule has 35 heavy (non-hydrogen) atoms. The minimum atomic E-state index is -0.315. The molecule has 3 aromatic carbocycles. The first-order valence-electron chi connectivity index (χ1n) is 12.0. The number of amides is 1. The Morgan fingerprint density at radius 3 is 2.06 bits per heavy atom. The highest BCUT2D eigenvalue weighted by molar-refractivity contribution is 5.80. The number of benzene rings is 3. The molecule has 1 atom stereocenters. The van der Waals surface area contributed by atoms with Crippen LogP contribution in [0.5, 0.6) is 0 Å². The van der Waals surface area contributed by atoms with E-state index in [9.17, 15) is 13.6 Å². The summed E-state index contributed by atoms with van der Waals surface area (Å²) in [4.78, 5) is 16.7. The Kier molecular flexibility index (Phi) is 8.40. The minimum absolute atomic E-state index is 0.295. The van der Waals surface area contributed by atoms with Gasteiger partial charge in [0.15, 0.2) is 0 Å². The third kappa shape index (κ3) is 6.84. The van der Waals surface area contributed by atoms with Crippen LogP contribution in [-0.2, 0) is 11.3 Å². The Hall–Kier alpha value is -3.35. The highest BCUT2D eigenvalue weighted by atomic mass is 19.1. The minimum Gasteiger partial charge on any atom is -0.368 e. The fourth-order valence-corrected chi connectivity index (χ4v) is 4.60. The Morgan fingerprint density at radius 2 is 1.49 bits per heavy atom. The van der Waals surface area contributed by atoms with Gasteiger partial charge in [0.2, 0.25) is 5.91 Å². The maximum Gasteiger partial charge on any atom is 0.236 e. The average Bonchev–Trinajstić information content (AvgIpc) is 2.87. The summed E-state index contributed by atoms with van der Waals surface area (Å²) in [7, 11) is 0. The van der Waals surface area contributed by atoms with Crippen LogP contribution >= 0.6 is 0 Å². The van der Waals surface area contributed by atoms with Crippen molar-refractivity contribution in [3.63, 3.8) is 0 Å². The maximum absolute atomic E-state index is 13.5. The molecule has 4 nitrogen and oxygen atoms in total. The second-order valence-corrected chi connectivity index (χ2v) is 8.95. The number of carbonyl (C=O) groups excluding carboxylic acids is 1. The molecule has 1 aliphatic heterocycles. The molecule has 1 heterocycles. The van der Waals surface area contributed by atoms with E-state index in [2.05, 4.69) is 28.0 Å². The molecule has 0 bridgehead atoms. The van der Waals surface area contributed by atoms with Crippen molar-refractivity contribution in [2.45, 2.75) is 25.4 Å². The van der Waals surface area contributed by atoms with Crippen LogP contribution in [0.3, 0.4) is 0 Å². The lowest BCUT2D eigenvalue weighted by Crippen LogP contribution is -2.57. The summed E-state index contributed by atoms with van der Waals surface area (Å²) in [6.07, 6.45) is 3.71. The molecular formula is C29H31F2N3O. The van der Waals surface area contributed by atoms with Crippen LogP contribution in [0.2, 0.25) is 0 Å². The van der Waals surface area contributed by atoms with E-state index in [0.717, 1.165) is 55.7 Å². The van der Waals surface area contributed by atoms with Crippen molar-refractivity contribution in [3.8, 4) is 0 Å². The summed E-state index contributed by atoms with van der Waals surface area (Å²) in [5.41, 5.74) is 9.68. The number of halogens is 2. The Balaban J connectivity index is 1.39. The van der Waals surface area contributed by atoms with Crippen LogP contribution in [-0.4, -0.2) is 47.9 Å². The molecule has 0 spiro atoms. The van der Waals surface area contributed by atoms with Gasteiger partial charge >= 0.3 is 0 Å². The SMILES string of the molecule is NC(=O)C1CN(Cc2ccccc2)CCN1CCCC=C(c1ccc(F)cc1)c1ccc(F)cc1. The first-order chi connectivity index (χ1) is 17.0. The molecule has 1 aliphatic rings. The number of nitrogens with zero attached hydrogens (tertiary/aromatic N) is 2. The third-order valence-corrected chi connectivity index (χ3v) is 6.46. The van der Waals surface area contributed by atoms with E-state index < -0.39 is 0 Å². The monoisotopic (exact) mass is 475 g/mol. The zero-order valence-electron chi connectivity index (χ0n) is 19.7. The first-order valence-corrected chi connectivity index (χ1v) is 12.0. The Morgan fingerprint density at radius 1 is 0.886 bits per heavy atom. The van der Waals surface area contributed by atoms with Crippen molar-refractivity contribution in [2.75, 3.05) is 26.2 Å². The second-order valence-electron chi connectivity index (χ2n) is 8.95. The van der Waals surface area contributed by atoms with Crippen molar-refractivity contribution in [2.24, 2.45) is 5.73 Å². The van der Waals surface area contributed by atoms with Crippen LogP contribution in [0.15, 0.2) is 84.9 Å². The normalized spacial score (nSPS) is 16.7. The first kappa shape index (κ1) is 24.8. The molecule has 0 aromatic heterocycles. The molecule has 6 heteroatoms. The maximum atomic E-state index is 13.5. The van der Waals surface area contributed by atoms with Gasteiger partial charge < -0.3 is 5.73 Å². The van der Waals surface area contributed by atoms with Gasteiger partial charge in [-0.15, -0.1) is 0 Å². The average molecular weight is 476 g/mol. The largest absolute Gasteiger partial charge is 0.368 e. The molecule has 0 radical (unpaired) electrons. The zero-order valence-corrected chi connectivity index (χ0v) is 19.7. The second kappa shape index (κ2) is 11.9. The van der Waals surface area contributed by atoms with Gasteiger partial charge in [-0.3, -0.25) is 14.6 Å². The molecule has 1 unspecified atom stereocenters. The summed E-state index contributed by atoms with van der Waals surface area (Å²) in [6.45, 7) is 3.84. The van der Waals surface area contributed by atoms with E-state index in [1.807, 2.05) is 18.2 Å². The molecule has 3 aromatic rings. The van der Waals surface area contributed by atoms with Gasteiger partial charge in [-0.1, -0.05) is 60.7 Å². The van der Waals surface area contributed by atoms with Gasteiger partial charge in [-0.25, -0.2) is 8.78 Å². The van der Waals surface area contributed by atoms with Crippen LogP contribution in [0.4, 0.5) is 8.78 Å². The lowest BCUT2D eigenvalue weighted by atomic mass is 9.96. The predicted molar refractivity (Wildman–Crippen MR) is 135 cm³/mol. The van der Waals surface area contributed by atoms with E-state index >= 15 is 0 Å². The number of allylic oxidation sites excluding steroid dienone is 1. The summed E-state index contributed by atoms with van der Waals surface area (Å²) in [6, 6.07) is 22.6. The fraction of sp³-hybridized carbons (Fsp3) is 0.276. The number of unbranched alkanes of at least 4 members (excludes halogenated alkanes) is 1. The summed E-state index contributed by atoms with van der Waals surface area (Å²) >= 11 is 0. The lowest BCUT2D eigenvalue weighted by molar-refractivity contribution is -0.125. The number of rotatable bonds is 9. The fourth-order valence-electron chi connectivity index (χ4n) is 4.60. The number of nitrogens with two attached hydrogens (primary N) is 1. The highest BCUT2D eigenvalue weighted by Gasteiger charge is 2.30. The van der Waals surface area contributed by atoms with Gasteiger partial charge in [0.1, 0.15) is 17.7 Å². The van der Waals surface area contributed by atoms with Crippen LogP contribution in [0.25, 0.3) is 5.57 Å². The lowest BCUT2D eigenvalue weighted by Gasteiger charge is -2.40. The molecule has 2 N–H and O–H groups in total. The van der Waals surface area contributed by atoms with Gasteiger partial charge in [0.05, 0.1) is 0 Å². The van der Waals surface area contributed by atoms with E-state index in [-0.39, 0.29) is 23.6 Å². The van der Waals surface area contributed by atoms with Gasteiger partial charge in [0.25, 0.3) is 0 Å². The predicted octanol–water partition coefficient (Wildman–Crippen LogP) is 4.85. The summed E-state index contributed by atoms with van der Waals surface area (Å²) in [5, 5.41) is 0. The summed E-state index contributed by atoms with van der Waals surface area (Å²) in [5.74, 6) is -0.885. The van der Waals surface area contributed by atoms with Crippen molar-refractivity contribution in [1.82, 2.24) is 9.80 Å². The molecule has 182 valence electrons. The zero-order chi connectivity index (χ0) is 24.6. The van der Waals surface area contributed by atoms with Crippen molar-refractivity contribution >= 4 is 11.5 Å². The van der Waals surface area contributed by atoms with Crippen molar-refractivity contribution < 1.29 is 13.6 Å². The van der Waals surface area contributed by atoms with E-state index in [0.29, 0.717) is 6.54 Å². The number of primary amides is 1. The number of carbonyl (C=O) groups is 1. The van der Waals surface area contributed by atoms with E-state index in [4.69, 9.17) is 5.73 Å². The quantitative estimate of drug-likeness (QED) is 0.450. The van der Waals surface area contributed by atoms with Crippen LogP contribution in [0.1, 0.15) is 29.5 Å². The topological polar surface area (TPSA) is 49.6 Å². The molecular weight excluding hydrogens is 444 g/mol. The smallest absolute Gasteiger partial charge is 0.236 e. The molecule has 1 fully saturated rings. The summed E-state index contributed by atoms with van der Waals surface area (Å²) < 4.78 is 26.9. The van der Waals surface area contributed by atoms with Crippen LogP contribution in [0, 0.1) is 11.6 Å². The highest BCUT2D eigenvalue weighted by Crippen LogP contribution is 2.25. The number of piperazine rings is 1. The third-order valence-electron chi connectivity index (χ3n) is 6.46. The molecule has 1 saturated heterocycles. The van der Waals surface area contributed by atoms with E-state index in [1.165, 1.54) is 29.8 Å². The molecule has 0 aliphatic carbocycles.